The van der Waals surface area contributed by atoms with Gasteiger partial charge in [-0.25, -0.2) is 0 Å². The van der Waals surface area contributed by atoms with Crippen molar-refractivity contribution in [2.45, 2.75) is 59.8 Å². The Bertz CT molecular complexity index is 333. The molecular weight excluding hydrogens is 254 g/mol. The molecule has 1 rings (SSSR count). The van der Waals surface area contributed by atoms with Crippen LogP contribution in [-0.2, 0) is 14.3 Å². The molecule has 0 radical (unpaired) electrons. The van der Waals surface area contributed by atoms with Crippen LogP contribution in [0, 0.1) is 11.3 Å². The highest BCUT2D eigenvalue weighted by Gasteiger charge is 2.28. The summed E-state index contributed by atoms with van der Waals surface area (Å²) in [7, 11) is 0. The molecule has 0 aliphatic carbocycles. The van der Waals surface area contributed by atoms with Gasteiger partial charge in [0.05, 0.1) is 13.0 Å². The molecule has 4 nitrogen and oxygen atoms in total. The van der Waals surface area contributed by atoms with Gasteiger partial charge < -0.3 is 9.64 Å². The van der Waals surface area contributed by atoms with Gasteiger partial charge in [-0.3, -0.25) is 9.59 Å². The van der Waals surface area contributed by atoms with Crippen molar-refractivity contribution in [3.63, 3.8) is 0 Å². The van der Waals surface area contributed by atoms with Crippen molar-refractivity contribution in [2.75, 3.05) is 19.7 Å². The van der Waals surface area contributed by atoms with E-state index in [-0.39, 0.29) is 24.7 Å². The molecule has 1 atom stereocenters. The van der Waals surface area contributed by atoms with Gasteiger partial charge in [-0.15, -0.1) is 0 Å². The molecule has 1 heterocycles. The Morgan fingerprint density at radius 2 is 1.85 bits per heavy atom. The number of ether oxygens (including phenoxy) is 1. The lowest BCUT2D eigenvalue weighted by atomic mass is 9.77. The van der Waals surface area contributed by atoms with Crippen LogP contribution < -0.4 is 0 Å². The summed E-state index contributed by atoms with van der Waals surface area (Å²) in [6.45, 7) is 10.6. The van der Waals surface area contributed by atoms with Crippen LogP contribution in [0.2, 0.25) is 0 Å². The second kappa shape index (κ2) is 7.65. The first-order valence-electron chi connectivity index (χ1n) is 7.78. The number of nitrogens with zero attached hydrogens (tertiary/aromatic N) is 1. The molecule has 4 heteroatoms. The highest BCUT2D eigenvalue weighted by Crippen LogP contribution is 2.34. The molecule has 0 bridgehead atoms. The number of likely N-dealkylation sites (tertiary alicyclic amines) is 1. The molecular formula is C16H29NO3. The summed E-state index contributed by atoms with van der Waals surface area (Å²) in [4.78, 5) is 25.3. The van der Waals surface area contributed by atoms with E-state index in [2.05, 4.69) is 20.8 Å². The highest BCUT2D eigenvalue weighted by atomic mass is 16.5. The smallest absolute Gasteiger partial charge is 0.306 e. The summed E-state index contributed by atoms with van der Waals surface area (Å²) in [5.41, 5.74) is 0.310. The fraction of sp³-hybridized carbons (Fsp3) is 0.875. The van der Waals surface area contributed by atoms with Gasteiger partial charge in [0.1, 0.15) is 0 Å². The van der Waals surface area contributed by atoms with Crippen LogP contribution in [-0.4, -0.2) is 36.5 Å². The minimum Gasteiger partial charge on any atom is -0.466 e. The van der Waals surface area contributed by atoms with Gasteiger partial charge in [0.25, 0.3) is 0 Å². The second-order valence-corrected chi connectivity index (χ2v) is 6.68. The number of esters is 1. The molecule has 1 aliphatic rings. The number of hydrogen-bond donors (Lipinski definition) is 0. The Morgan fingerprint density at radius 3 is 2.45 bits per heavy atom. The van der Waals surface area contributed by atoms with E-state index in [9.17, 15) is 9.59 Å². The molecule has 0 aromatic rings. The first-order valence-corrected chi connectivity index (χ1v) is 7.78. The Labute approximate surface area is 122 Å². The zero-order valence-electron chi connectivity index (χ0n) is 13.4. The van der Waals surface area contributed by atoms with Crippen molar-refractivity contribution in [3.05, 3.63) is 0 Å². The largest absolute Gasteiger partial charge is 0.466 e. The third-order valence-electron chi connectivity index (χ3n) is 4.15. The van der Waals surface area contributed by atoms with Crippen LogP contribution in [0.25, 0.3) is 0 Å². The summed E-state index contributed by atoms with van der Waals surface area (Å²) < 4.78 is 4.86. The monoisotopic (exact) mass is 283 g/mol. The third-order valence-corrected chi connectivity index (χ3v) is 4.15. The van der Waals surface area contributed by atoms with Gasteiger partial charge in [-0.1, -0.05) is 20.8 Å². The highest BCUT2D eigenvalue weighted by molar-refractivity contribution is 5.81. The van der Waals surface area contributed by atoms with E-state index < -0.39 is 0 Å². The average Bonchev–Trinajstić information content (AvgIpc) is 2.61. The summed E-state index contributed by atoms with van der Waals surface area (Å²) in [5, 5.41) is 0. The quantitative estimate of drug-likeness (QED) is 0.745. The minimum atomic E-state index is -0.275. The normalized spacial score (nSPS) is 20.4. The maximum Gasteiger partial charge on any atom is 0.306 e. The summed E-state index contributed by atoms with van der Waals surface area (Å²) >= 11 is 0. The molecule has 0 aromatic carbocycles. The lowest BCUT2D eigenvalue weighted by Crippen LogP contribution is -2.32. The van der Waals surface area contributed by atoms with Crippen molar-refractivity contribution in [2.24, 2.45) is 11.3 Å². The maximum absolute atomic E-state index is 12.1. The summed E-state index contributed by atoms with van der Waals surface area (Å²) in [5.74, 6) is 0.487. The van der Waals surface area contributed by atoms with E-state index >= 15 is 0 Å². The molecule has 1 aliphatic heterocycles. The predicted molar refractivity (Wildman–Crippen MR) is 79.2 cm³/mol. The second-order valence-electron chi connectivity index (χ2n) is 6.68. The number of carbonyl (C=O) groups is 2. The Kier molecular flexibility index (Phi) is 6.50. The first-order chi connectivity index (χ1) is 9.34. The van der Waals surface area contributed by atoms with Gasteiger partial charge >= 0.3 is 5.97 Å². The fourth-order valence-corrected chi connectivity index (χ4v) is 2.81. The number of hydrogen-bond acceptors (Lipinski definition) is 3. The van der Waals surface area contributed by atoms with Gasteiger partial charge in [-0.2, -0.15) is 0 Å². The van der Waals surface area contributed by atoms with Crippen LogP contribution in [0.3, 0.4) is 0 Å². The number of carbonyl (C=O) groups excluding carboxylic acids is 2. The SMILES string of the molecule is CCOC(=O)CCC(=O)N1CCCC(C(C)(C)C)CC1. The lowest BCUT2D eigenvalue weighted by Gasteiger charge is -2.29. The Morgan fingerprint density at radius 1 is 1.15 bits per heavy atom. The molecule has 0 saturated carbocycles. The topological polar surface area (TPSA) is 46.6 Å². The van der Waals surface area contributed by atoms with Crippen LogP contribution >= 0.6 is 0 Å². The molecule has 0 aromatic heterocycles. The van der Waals surface area contributed by atoms with Gasteiger partial charge in [0.15, 0.2) is 0 Å². The maximum atomic E-state index is 12.1. The zero-order chi connectivity index (χ0) is 15.2. The summed E-state index contributed by atoms with van der Waals surface area (Å²) in [6.07, 6.45) is 3.79. The third kappa shape index (κ3) is 5.51. The minimum absolute atomic E-state index is 0.0904. The molecule has 1 fully saturated rings. The molecule has 20 heavy (non-hydrogen) atoms. The predicted octanol–water partition coefficient (Wildman–Crippen LogP) is 3.00. The fourth-order valence-electron chi connectivity index (χ4n) is 2.81. The molecule has 0 N–H and O–H groups in total. The van der Waals surface area contributed by atoms with E-state index in [0.29, 0.717) is 17.9 Å². The van der Waals surface area contributed by atoms with Crippen molar-refractivity contribution < 1.29 is 14.3 Å². The molecule has 116 valence electrons. The van der Waals surface area contributed by atoms with Crippen LogP contribution in [0.5, 0.6) is 0 Å². The number of rotatable bonds is 4. The van der Waals surface area contributed by atoms with Crippen molar-refractivity contribution in [1.82, 2.24) is 4.90 Å². The van der Waals surface area contributed by atoms with E-state index in [0.717, 1.165) is 25.9 Å². The summed E-state index contributed by atoms with van der Waals surface area (Å²) in [6, 6.07) is 0. The van der Waals surface area contributed by atoms with E-state index in [4.69, 9.17) is 4.74 Å². The molecule has 1 amide bonds. The molecule has 1 unspecified atom stereocenters. The van der Waals surface area contributed by atoms with Gasteiger partial charge in [0, 0.05) is 19.5 Å². The van der Waals surface area contributed by atoms with Crippen LogP contribution in [0.4, 0.5) is 0 Å². The van der Waals surface area contributed by atoms with Crippen molar-refractivity contribution >= 4 is 11.9 Å². The molecule has 1 saturated heterocycles. The van der Waals surface area contributed by atoms with Gasteiger partial charge in [-0.05, 0) is 37.5 Å². The standard InChI is InChI=1S/C16H29NO3/c1-5-20-15(19)9-8-14(18)17-11-6-7-13(10-12-17)16(2,3)4/h13H,5-12H2,1-4H3. The Hall–Kier alpha value is -1.06. The zero-order valence-corrected chi connectivity index (χ0v) is 13.4. The van der Waals surface area contributed by atoms with Crippen molar-refractivity contribution in [3.8, 4) is 0 Å². The van der Waals surface area contributed by atoms with E-state index in [1.54, 1.807) is 6.92 Å². The van der Waals surface area contributed by atoms with E-state index in [1.807, 2.05) is 4.90 Å². The van der Waals surface area contributed by atoms with Gasteiger partial charge in [0.2, 0.25) is 5.91 Å². The molecule has 0 spiro atoms. The average molecular weight is 283 g/mol. The van der Waals surface area contributed by atoms with E-state index in [1.165, 1.54) is 6.42 Å². The van der Waals surface area contributed by atoms with Crippen molar-refractivity contribution in [1.29, 1.82) is 0 Å². The Balaban J connectivity index is 2.40. The number of amides is 1. The first kappa shape index (κ1) is 17.0. The van der Waals surface area contributed by atoms with Crippen LogP contribution in [0.15, 0.2) is 0 Å². The van der Waals surface area contributed by atoms with Crippen LogP contribution in [0.1, 0.15) is 59.8 Å². The lowest BCUT2D eigenvalue weighted by molar-refractivity contribution is -0.145.